The van der Waals surface area contributed by atoms with Crippen molar-refractivity contribution in [3.63, 3.8) is 0 Å². The van der Waals surface area contributed by atoms with E-state index < -0.39 is 0 Å². The van der Waals surface area contributed by atoms with Crippen molar-refractivity contribution in [3.8, 4) is 0 Å². The van der Waals surface area contributed by atoms with Gasteiger partial charge in [0.25, 0.3) is 5.56 Å². The molecule has 2 heterocycles. The Bertz CT molecular complexity index is 508. The summed E-state index contributed by atoms with van der Waals surface area (Å²) in [5, 5.41) is 10.9. The number of aromatic nitrogens is 4. The van der Waals surface area contributed by atoms with Crippen LogP contribution in [0.25, 0.3) is 10.9 Å². The topological polar surface area (TPSA) is 63.6 Å². The fourth-order valence-electron chi connectivity index (χ4n) is 1.50. The van der Waals surface area contributed by atoms with Crippen LogP contribution in [-0.2, 0) is 0 Å². The number of hydrogen-bond acceptors (Lipinski definition) is 3. The van der Waals surface area contributed by atoms with E-state index in [1.165, 1.54) is 0 Å². The molecule has 1 saturated carbocycles. The number of aromatic amines is 1. The van der Waals surface area contributed by atoms with E-state index >= 15 is 0 Å². The molecule has 1 aliphatic rings. The summed E-state index contributed by atoms with van der Waals surface area (Å²) in [6.07, 6.45) is 5.57. The molecule has 3 rings (SSSR count). The van der Waals surface area contributed by atoms with Gasteiger partial charge in [0.05, 0.1) is 29.3 Å². The molecule has 0 radical (unpaired) electrons. The first kappa shape index (κ1) is 6.82. The number of rotatable bonds is 1. The highest BCUT2D eigenvalue weighted by molar-refractivity contribution is 5.76. The summed E-state index contributed by atoms with van der Waals surface area (Å²) in [5.74, 6) is 0. The highest BCUT2D eigenvalue weighted by atomic mass is 16.1. The molecule has 2 aromatic heterocycles. The van der Waals surface area contributed by atoms with Crippen LogP contribution in [0.3, 0.4) is 0 Å². The Morgan fingerprint density at radius 1 is 1.46 bits per heavy atom. The lowest BCUT2D eigenvalue weighted by molar-refractivity contribution is 0.664. The first-order valence-corrected chi connectivity index (χ1v) is 4.27. The van der Waals surface area contributed by atoms with Crippen molar-refractivity contribution in [2.24, 2.45) is 0 Å². The summed E-state index contributed by atoms with van der Waals surface area (Å²) in [6, 6.07) is 0.487. The zero-order chi connectivity index (χ0) is 8.84. The van der Waals surface area contributed by atoms with Gasteiger partial charge in [0.2, 0.25) is 0 Å². The molecule has 0 aliphatic heterocycles. The number of H-pyrrole nitrogens is 1. The van der Waals surface area contributed by atoms with Gasteiger partial charge in [0, 0.05) is 0 Å². The van der Waals surface area contributed by atoms with Gasteiger partial charge in [-0.3, -0.25) is 9.48 Å². The van der Waals surface area contributed by atoms with Gasteiger partial charge < -0.3 is 0 Å². The average molecular weight is 176 g/mol. The molecule has 0 unspecified atom stereocenters. The molecule has 5 heteroatoms. The lowest BCUT2D eigenvalue weighted by atomic mass is 10.4. The van der Waals surface area contributed by atoms with Crippen LogP contribution in [-0.4, -0.2) is 20.0 Å². The van der Waals surface area contributed by atoms with E-state index in [9.17, 15) is 4.79 Å². The predicted octanol–water partition coefficient (Wildman–Crippen LogP) is 0.454. The van der Waals surface area contributed by atoms with E-state index in [-0.39, 0.29) is 5.56 Å². The molecule has 0 bridgehead atoms. The SMILES string of the molecule is O=c1[nH]ncc2c1cnn2C1CC1. The normalized spacial score (nSPS) is 16.6. The second-order valence-corrected chi connectivity index (χ2v) is 3.32. The second kappa shape index (κ2) is 2.18. The van der Waals surface area contributed by atoms with E-state index in [2.05, 4.69) is 15.3 Å². The van der Waals surface area contributed by atoms with E-state index in [4.69, 9.17) is 0 Å². The third-order valence-corrected chi connectivity index (χ3v) is 2.32. The van der Waals surface area contributed by atoms with Gasteiger partial charge >= 0.3 is 0 Å². The molecule has 0 spiro atoms. The van der Waals surface area contributed by atoms with Crippen molar-refractivity contribution in [3.05, 3.63) is 22.7 Å². The van der Waals surface area contributed by atoms with Gasteiger partial charge in [-0.1, -0.05) is 0 Å². The predicted molar refractivity (Wildman–Crippen MR) is 46.4 cm³/mol. The smallest absolute Gasteiger partial charge is 0.267 e. The third-order valence-electron chi connectivity index (χ3n) is 2.32. The number of hydrogen-bond donors (Lipinski definition) is 1. The number of fused-ring (bicyclic) bond motifs is 1. The van der Waals surface area contributed by atoms with Crippen LogP contribution in [0.4, 0.5) is 0 Å². The van der Waals surface area contributed by atoms with Crippen molar-refractivity contribution >= 4 is 10.9 Å². The third kappa shape index (κ3) is 0.898. The van der Waals surface area contributed by atoms with Gasteiger partial charge in [-0.15, -0.1) is 0 Å². The zero-order valence-corrected chi connectivity index (χ0v) is 6.90. The van der Waals surface area contributed by atoms with Gasteiger partial charge in [0.15, 0.2) is 0 Å². The highest BCUT2D eigenvalue weighted by Gasteiger charge is 2.26. The van der Waals surface area contributed by atoms with Crippen LogP contribution in [0.15, 0.2) is 17.2 Å². The minimum Gasteiger partial charge on any atom is -0.267 e. The Morgan fingerprint density at radius 2 is 2.31 bits per heavy atom. The summed E-state index contributed by atoms with van der Waals surface area (Å²) in [5.41, 5.74) is 0.677. The Balaban J connectivity index is 2.38. The van der Waals surface area contributed by atoms with Gasteiger partial charge in [-0.05, 0) is 12.8 Å². The number of nitrogens with zero attached hydrogens (tertiary/aromatic N) is 3. The minimum absolute atomic E-state index is 0.163. The molecule has 1 aliphatic carbocycles. The maximum Gasteiger partial charge on any atom is 0.275 e. The Labute approximate surface area is 73.4 Å². The Kier molecular flexibility index (Phi) is 1.15. The summed E-state index contributed by atoms with van der Waals surface area (Å²) in [6.45, 7) is 0. The molecule has 66 valence electrons. The van der Waals surface area contributed by atoms with Crippen molar-refractivity contribution in [1.82, 2.24) is 20.0 Å². The van der Waals surface area contributed by atoms with Crippen LogP contribution in [0.2, 0.25) is 0 Å². The summed E-state index contributed by atoms with van der Waals surface area (Å²) >= 11 is 0. The largest absolute Gasteiger partial charge is 0.275 e. The molecule has 1 fully saturated rings. The van der Waals surface area contributed by atoms with Crippen LogP contribution in [0, 0.1) is 0 Å². The van der Waals surface area contributed by atoms with Crippen LogP contribution in [0.1, 0.15) is 18.9 Å². The lowest BCUT2D eigenvalue weighted by Gasteiger charge is -1.97. The average Bonchev–Trinajstić information content (AvgIpc) is 2.87. The molecule has 13 heavy (non-hydrogen) atoms. The zero-order valence-electron chi connectivity index (χ0n) is 6.90. The molecular formula is C8H8N4O. The van der Waals surface area contributed by atoms with Crippen LogP contribution >= 0.6 is 0 Å². The molecule has 0 atom stereocenters. The van der Waals surface area contributed by atoms with Crippen LogP contribution in [0.5, 0.6) is 0 Å². The van der Waals surface area contributed by atoms with Crippen molar-refractivity contribution in [2.45, 2.75) is 18.9 Å². The Morgan fingerprint density at radius 3 is 3.08 bits per heavy atom. The minimum atomic E-state index is -0.163. The molecule has 0 saturated heterocycles. The highest BCUT2D eigenvalue weighted by Crippen LogP contribution is 2.35. The van der Waals surface area contributed by atoms with Crippen LogP contribution < -0.4 is 5.56 Å². The van der Waals surface area contributed by atoms with E-state index in [1.54, 1.807) is 12.4 Å². The summed E-state index contributed by atoms with van der Waals surface area (Å²) in [7, 11) is 0. The fourth-order valence-corrected chi connectivity index (χ4v) is 1.50. The molecule has 0 aromatic carbocycles. The first-order valence-electron chi connectivity index (χ1n) is 4.27. The molecule has 0 amide bonds. The molecule has 1 N–H and O–H groups in total. The standard InChI is InChI=1S/C8H8N4O/c13-8-6-3-10-12(5-1-2-5)7(6)4-9-11-8/h3-5H,1-2H2,(H,11,13). The summed E-state index contributed by atoms with van der Waals surface area (Å²) < 4.78 is 1.89. The molecule has 5 nitrogen and oxygen atoms in total. The lowest BCUT2D eigenvalue weighted by Crippen LogP contribution is -2.07. The molecular weight excluding hydrogens is 168 g/mol. The molecule has 2 aromatic rings. The second-order valence-electron chi connectivity index (χ2n) is 3.32. The fraction of sp³-hybridized carbons (Fsp3) is 0.375. The monoisotopic (exact) mass is 176 g/mol. The maximum atomic E-state index is 11.3. The first-order chi connectivity index (χ1) is 6.36. The maximum absolute atomic E-state index is 11.3. The van der Waals surface area contributed by atoms with E-state index in [0.717, 1.165) is 18.4 Å². The number of nitrogens with one attached hydrogen (secondary N) is 1. The van der Waals surface area contributed by atoms with Crippen molar-refractivity contribution in [2.75, 3.05) is 0 Å². The van der Waals surface area contributed by atoms with Gasteiger partial charge in [0.1, 0.15) is 0 Å². The van der Waals surface area contributed by atoms with E-state index in [0.29, 0.717) is 11.4 Å². The van der Waals surface area contributed by atoms with Crippen molar-refractivity contribution in [1.29, 1.82) is 0 Å². The Hall–Kier alpha value is -1.65. The van der Waals surface area contributed by atoms with Gasteiger partial charge in [-0.2, -0.15) is 10.2 Å². The van der Waals surface area contributed by atoms with E-state index in [1.807, 2.05) is 4.68 Å². The summed E-state index contributed by atoms with van der Waals surface area (Å²) in [4.78, 5) is 11.3. The van der Waals surface area contributed by atoms with Gasteiger partial charge in [-0.25, -0.2) is 5.10 Å². The quantitative estimate of drug-likeness (QED) is 0.686. The van der Waals surface area contributed by atoms with Crippen molar-refractivity contribution < 1.29 is 0 Å².